The van der Waals surface area contributed by atoms with Crippen molar-refractivity contribution in [1.82, 2.24) is 5.32 Å². The number of anilines is 1. The number of carbonyl (C=O) groups excluding carboxylic acids is 1. The SMILES string of the molecule is Cc1ccc(Br)c(NC(=O)NCC2CCC(C(=O)O)O2)c1. The third-order valence-electron chi connectivity index (χ3n) is 3.24. The van der Waals surface area contributed by atoms with E-state index >= 15 is 0 Å². The van der Waals surface area contributed by atoms with Gasteiger partial charge >= 0.3 is 12.0 Å². The van der Waals surface area contributed by atoms with E-state index in [9.17, 15) is 9.59 Å². The Morgan fingerprint density at radius 2 is 2.19 bits per heavy atom. The molecule has 2 rings (SSSR count). The number of aryl methyl sites for hydroxylation is 1. The number of carbonyl (C=O) groups is 2. The number of benzene rings is 1. The summed E-state index contributed by atoms with van der Waals surface area (Å²) < 4.78 is 6.11. The van der Waals surface area contributed by atoms with E-state index in [-0.39, 0.29) is 12.1 Å². The van der Waals surface area contributed by atoms with Crippen LogP contribution in [0.1, 0.15) is 18.4 Å². The maximum atomic E-state index is 11.8. The van der Waals surface area contributed by atoms with E-state index in [4.69, 9.17) is 9.84 Å². The highest BCUT2D eigenvalue weighted by molar-refractivity contribution is 9.10. The van der Waals surface area contributed by atoms with Gasteiger partial charge in [0.1, 0.15) is 0 Å². The minimum atomic E-state index is -0.953. The fraction of sp³-hybridized carbons (Fsp3) is 0.429. The van der Waals surface area contributed by atoms with Crippen molar-refractivity contribution in [3.63, 3.8) is 0 Å². The molecular weight excluding hydrogens is 340 g/mol. The highest BCUT2D eigenvalue weighted by atomic mass is 79.9. The molecule has 1 fully saturated rings. The molecule has 2 atom stereocenters. The lowest BCUT2D eigenvalue weighted by Crippen LogP contribution is -2.36. The third kappa shape index (κ3) is 4.44. The molecule has 114 valence electrons. The average molecular weight is 357 g/mol. The molecule has 0 radical (unpaired) electrons. The molecule has 0 aliphatic carbocycles. The molecule has 2 amide bonds. The van der Waals surface area contributed by atoms with E-state index in [1.54, 1.807) is 0 Å². The lowest BCUT2D eigenvalue weighted by molar-refractivity contribution is -0.149. The molecule has 1 aromatic carbocycles. The Kier molecular flexibility index (Phi) is 5.19. The van der Waals surface area contributed by atoms with Gasteiger partial charge in [-0.25, -0.2) is 9.59 Å². The van der Waals surface area contributed by atoms with Gasteiger partial charge in [0, 0.05) is 11.0 Å². The number of hydrogen-bond donors (Lipinski definition) is 3. The zero-order valence-corrected chi connectivity index (χ0v) is 13.1. The van der Waals surface area contributed by atoms with Gasteiger partial charge in [0.05, 0.1) is 11.8 Å². The van der Waals surface area contributed by atoms with E-state index in [0.717, 1.165) is 10.0 Å². The lowest BCUT2D eigenvalue weighted by Gasteiger charge is -2.13. The summed E-state index contributed by atoms with van der Waals surface area (Å²) in [5, 5.41) is 14.3. The van der Waals surface area contributed by atoms with Crippen LogP contribution in [0.2, 0.25) is 0 Å². The molecule has 1 aliphatic rings. The van der Waals surface area contributed by atoms with E-state index in [1.165, 1.54) is 0 Å². The summed E-state index contributed by atoms with van der Waals surface area (Å²) in [6, 6.07) is 5.31. The highest BCUT2D eigenvalue weighted by Crippen LogP contribution is 2.23. The van der Waals surface area contributed by atoms with Crippen molar-refractivity contribution in [2.45, 2.75) is 32.0 Å². The third-order valence-corrected chi connectivity index (χ3v) is 3.93. The number of rotatable bonds is 4. The molecular formula is C14H17BrN2O4. The minimum absolute atomic E-state index is 0.252. The molecule has 1 aliphatic heterocycles. The van der Waals surface area contributed by atoms with Crippen LogP contribution in [0.4, 0.5) is 10.5 Å². The summed E-state index contributed by atoms with van der Waals surface area (Å²) in [5.74, 6) is -0.953. The Morgan fingerprint density at radius 3 is 2.86 bits per heavy atom. The van der Waals surface area contributed by atoms with Crippen LogP contribution in [-0.4, -0.2) is 35.9 Å². The Labute approximate surface area is 131 Å². The van der Waals surface area contributed by atoms with Crippen LogP contribution in [-0.2, 0) is 9.53 Å². The molecule has 1 saturated heterocycles. The zero-order valence-electron chi connectivity index (χ0n) is 11.6. The summed E-state index contributed by atoms with van der Waals surface area (Å²) in [7, 11) is 0. The van der Waals surface area contributed by atoms with Crippen molar-refractivity contribution < 1.29 is 19.4 Å². The summed E-state index contributed by atoms with van der Waals surface area (Å²) >= 11 is 3.37. The molecule has 0 saturated carbocycles. The normalized spacial score (nSPS) is 21.0. The summed E-state index contributed by atoms with van der Waals surface area (Å²) in [4.78, 5) is 22.6. The number of hydrogen-bond acceptors (Lipinski definition) is 3. The van der Waals surface area contributed by atoms with Gasteiger partial charge in [-0.3, -0.25) is 0 Å². The predicted molar refractivity (Wildman–Crippen MR) is 81.4 cm³/mol. The number of halogens is 1. The number of nitrogens with one attached hydrogen (secondary N) is 2. The molecule has 6 nitrogen and oxygen atoms in total. The van der Waals surface area contributed by atoms with Crippen molar-refractivity contribution in [3.8, 4) is 0 Å². The van der Waals surface area contributed by atoms with Gasteiger partial charge in [0.15, 0.2) is 6.10 Å². The van der Waals surface area contributed by atoms with E-state index in [2.05, 4.69) is 26.6 Å². The van der Waals surface area contributed by atoms with Gasteiger partial charge in [-0.05, 0) is 53.4 Å². The first kappa shape index (κ1) is 15.8. The number of carboxylic acid groups (broad SMARTS) is 1. The van der Waals surface area contributed by atoms with Crippen LogP contribution in [0.3, 0.4) is 0 Å². The number of carboxylic acids is 1. The monoisotopic (exact) mass is 356 g/mol. The molecule has 7 heteroatoms. The van der Waals surface area contributed by atoms with Gasteiger partial charge in [-0.2, -0.15) is 0 Å². The second kappa shape index (κ2) is 6.91. The topological polar surface area (TPSA) is 87.7 Å². The molecule has 1 heterocycles. The fourth-order valence-corrected chi connectivity index (χ4v) is 2.49. The molecule has 21 heavy (non-hydrogen) atoms. The zero-order chi connectivity index (χ0) is 15.4. The maximum absolute atomic E-state index is 11.8. The standard InChI is InChI=1S/C14H17BrN2O4/c1-8-2-4-10(15)11(6-8)17-14(20)16-7-9-3-5-12(21-9)13(18)19/h2,4,6,9,12H,3,5,7H2,1H3,(H,18,19)(H2,16,17,20). The van der Waals surface area contributed by atoms with Crippen LogP contribution >= 0.6 is 15.9 Å². The predicted octanol–water partition coefficient (Wildman–Crippen LogP) is 2.51. The Bertz CT molecular complexity index is 550. The van der Waals surface area contributed by atoms with Crippen LogP contribution in [0.5, 0.6) is 0 Å². The molecule has 0 spiro atoms. The number of aliphatic carboxylic acids is 1. The minimum Gasteiger partial charge on any atom is -0.479 e. The number of ether oxygens (including phenoxy) is 1. The number of amides is 2. The van der Waals surface area contributed by atoms with Gasteiger partial charge in [-0.15, -0.1) is 0 Å². The second-order valence-corrected chi connectivity index (χ2v) is 5.83. The van der Waals surface area contributed by atoms with Crippen molar-refractivity contribution in [2.24, 2.45) is 0 Å². The van der Waals surface area contributed by atoms with E-state index in [1.807, 2.05) is 25.1 Å². The smallest absolute Gasteiger partial charge is 0.332 e. The second-order valence-electron chi connectivity index (χ2n) is 4.98. The lowest BCUT2D eigenvalue weighted by atomic mass is 10.2. The van der Waals surface area contributed by atoms with Crippen molar-refractivity contribution in [1.29, 1.82) is 0 Å². The van der Waals surface area contributed by atoms with Gasteiger partial charge in [-0.1, -0.05) is 6.07 Å². The van der Waals surface area contributed by atoms with Gasteiger partial charge in [0.2, 0.25) is 0 Å². The molecule has 2 unspecified atom stereocenters. The molecule has 0 bridgehead atoms. The first-order valence-electron chi connectivity index (χ1n) is 6.65. The quantitative estimate of drug-likeness (QED) is 0.773. The largest absolute Gasteiger partial charge is 0.479 e. The molecule has 3 N–H and O–H groups in total. The molecule has 1 aromatic rings. The van der Waals surface area contributed by atoms with Crippen molar-refractivity contribution >= 4 is 33.6 Å². The Hall–Kier alpha value is -1.60. The molecule has 0 aromatic heterocycles. The van der Waals surface area contributed by atoms with Crippen LogP contribution in [0.25, 0.3) is 0 Å². The van der Waals surface area contributed by atoms with Crippen molar-refractivity contribution in [3.05, 3.63) is 28.2 Å². The van der Waals surface area contributed by atoms with Gasteiger partial charge < -0.3 is 20.5 Å². The van der Waals surface area contributed by atoms with Gasteiger partial charge in [0.25, 0.3) is 0 Å². The average Bonchev–Trinajstić information content (AvgIpc) is 2.90. The van der Waals surface area contributed by atoms with Crippen molar-refractivity contribution in [2.75, 3.05) is 11.9 Å². The van der Waals surface area contributed by atoms with Crippen LogP contribution in [0.15, 0.2) is 22.7 Å². The van der Waals surface area contributed by atoms with Crippen LogP contribution in [0, 0.1) is 6.92 Å². The first-order chi connectivity index (χ1) is 9.95. The Balaban J connectivity index is 1.80. The highest BCUT2D eigenvalue weighted by Gasteiger charge is 2.30. The first-order valence-corrected chi connectivity index (χ1v) is 7.44. The Morgan fingerprint density at radius 1 is 1.43 bits per heavy atom. The summed E-state index contributed by atoms with van der Waals surface area (Å²) in [6.07, 6.45) is 0.0987. The van der Waals surface area contributed by atoms with E-state index < -0.39 is 12.1 Å². The summed E-state index contributed by atoms with van der Waals surface area (Å²) in [6.45, 7) is 2.23. The maximum Gasteiger partial charge on any atom is 0.332 e. The fourth-order valence-electron chi connectivity index (χ4n) is 2.15. The van der Waals surface area contributed by atoms with E-state index in [0.29, 0.717) is 25.1 Å². The van der Waals surface area contributed by atoms with Crippen LogP contribution < -0.4 is 10.6 Å². The summed E-state index contributed by atoms with van der Waals surface area (Å²) in [5.41, 5.74) is 1.72. The number of urea groups is 1.